The van der Waals surface area contributed by atoms with E-state index in [1.165, 1.54) is 0 Å². The maximum atomic E-state index is 12.0. The number of carbonyl (C=O) groups excluding carboxylic acids is 2. The van der Waals surface area contributed by atoms with Crippen LogP contribution < -0.4 is 16.4 Å². The molecule has 0 bridgehead atoms. The molecule has 1 aromatic carbocycles. The van der Waals surface area contributed by atoms with Crippen molar-refractivity contribution in [3.8, 4) is 0 Å². The van der Waals surface area contributed by atoms with E-state index in [1.54, 1.807) is 6.07 Å². The summed E-state index contributed by atoms with van der Waals surface area (Å²) < 4.78 is 0. The molecule has 1 aliphatic rings. The number of nitrogens with two attached hydrogens (primary N) is 1. The Kier molecular flexibility index (Phi) is 4.61. The van der Waals surface area contributed by atoms with Crippen molar-refractivity contribution in [2.75, 3.05) is 12.3 Å². The maximum Gasteiger partial charge on any atom is 0.253 e. The van der Waals surface area contributed by atoms with Crippen molar-refractivity contribution >= 4 is 17.5 Å². The average Bonchev–Trinajstić information content (AvgIpc) is 3.21. The largest absolute Gasteiger partial charge is 0.398 e. The van der Waals surface area contributed by atoms with Gasteiger partial charge in [-0.15, -0.1) is 0 Å². The molecule has 1 aliphatic carbocycles. The number of benzene rings is 1. The Bertz CT molecular complexity index is 510. The number of carbonyl (C=O) groups is 2. The van der Waals surface area contributed by atoms with Crippen LogP contribution in [0.4, 0.5) is 5.69 Å². The quantitative estimate of drug-likeness (QED) is 0.541. The Morgan fingerprint density at radius 1 is 1.35 bits per heavy atom. The van der Waals surface area contributed by atoms with Crippen LogP contribution in [0.5, 0.6) is 0 Å². The zero-order valence-corrected chi connectivity index (χ0v) is 11.7. The van der Waals surface area contributed by atoms with E-state index >= 15 is 0 Å². The van der Waals surface area contributed by atoms with Gasteiger partial charge in [-0.3, -0.25) is 9.59 Å². The molecule has 0 aliphatic heterocycles. The van der Waals surface area contributed by atoms with Crippen LogP contribution in [-0.4, -0.2) is 24.4 Å². The summed E-state index contributed by atoms with van der Waals surface area (Å²) in [7, 11) is 0. The van der Waals surface area contributed by atoms with Crippen molar-refractivity contribution in [3.05, 3.63) is 29.3 Å². The Labute approximate surface area is 118 Å². The van der Waals surface area contributed by atoms with Crippen LogP contribution in [0.25, 0.3) is 0 Å². The van der Waals surface area contributed by atoms with Gasteiger partial charge in [-0.2, -0.15) is 0 Å². The standard InChI is InChI=1S/C15H21N3O2/c1-10-4-2-5-12(14(10)16)15(20)17-9-3-6-13(19)18-11-7-8-11/h2,4-5,11H,3,6-9,16H2,1H3,(H,17,20)(H,18,19). The number of hydrogen-bond acceptors (Lipinski definition) is 3. The topological polar surface area (TPSA) is 84.2 Å². The molecule has 0 radical (unpaired) electrons. The van der Waals surface area contributed by atoms with Gasteiger partial charge in [0.25, 0.3) is 5.91 Å². The Hall–Kier alpha value is -2.04. The monoisotopic (exact) mass is 275 g/mol. The molecule has 2 rings (SSSR count). The van der Waals surface area contributed by atoms with Gasteiger partial charge < -0.3 is 16.4 Å². The van der Waals surface area contributed by atoms with E-state index in [4.69, 9.17) is 5.73 Å². The average molecular weight is 275 g/mol. The molecule has 4 N–H and O–H groups in total. The SMILES string of the molecule is Cc1cccc(C(=O)NCCCC(=O)NC2CC2)c1N. The molecule has 108 valence electrons. The summed E-state index contributed by atoms with van der Waals surface area (Å²) in [6.07, 6.45) is 3.26. The number of rotatable bonds is 6. The zero-order valence-electron chi connectivity index (χ0n) is 11.7. The minimum absolute atomic E-state index is 0.0665. The fourth-order valence-electron chi connectivity index (χ4n) is 1.95. The van der Waals surface area contributed by atoms with Gasteiger partial charge in [0.2, 0.25) is 5.91 Å². The van der Waals surface area contributed by atoms with Gasteiger partial charge in [0.05, 0.1) is 5.56 Å². The van der Waals surface area contributed by atoms with Crippen molar-refractivity contribution in [1.29, 1.82) is 0 Å². The van der Waals surface area contributed by atoms with Gasteiger partial charge in [0.1, 0.15) is 0 Å². The van der Waals surface area contributed by atoms with E-state index < -0.39 is 0 Å². The zero-order chi connectivity index (χ0) is 14.5. The third-order valence-corrected chi connectivity index (χ3v) is 3.38. The van der Waals surface area contributed by atoms with Crippen LogP contribution in [0.15, 0.2) is 18.2 Å². The van der Waals surface area contributed by atoms with E-state index in [1.807, 2.05) is 19.1 Å². The highest BCUT2D eigenvalue weighted by atomic mass is 16.2. The van der Waals surface area contributed by atoms with Gasteiger partial charge in [0, 0.05) is 24.7 Å². The summed E-state index contributed by atoms with van der Waals surface area (Å²) in [6.45, 7) is 2.35. The van der Waals surface area contributed by atoms with Crippen LogP contribution in [0.1, 0.15) is 41.6 Å². The lowest BCUT2D eigenvalue weighted by molar-refractivity contribution is -0.121. The summed E-state index contributed by atoms with van der Waals surface area (Å²) >= 11 is 0. The van der Waals surface area contributed by atoms with Crippen molar-refractivity contribution in [2.24, 2.45) is 0 Å². The molecule has 0 heterocycles. The van der Waals surface area contributed by atoms with Gasteiger partial charge in [-0.05, 0) is 37.8 Å². The second-order valence-electron chi connectivity index (χ2n) is 5.24. The predicted molar refractivity (Wildman–Crippen MR) is 78.3 cm³/mol. The molecule has 1 fully saturated rings. The van der Waals surface area contributed by atoms with Crippen molar-refractivity contribution < 1.29 is 9.59 Å². The number of nitrogens with one attached hydrogen (secondary N) is 2. The van der Waals surface area contributed by atoms with Crippen molar-refractivity contribution in [1.82, 2.24) is 10.6 Å². The Morgan fingerprint density at radius 2 is 2.10 bits per heavy atom. The van der Waals surface area contributed by atoms with E-state index in [9.17, 15) is 9.59 Å². The molecule has 5 nitrogen and oxygen atoms in total. The minimum Gasteiger partial charge on any atom is -0.398 e. The predicted octanol–water partition coefficient (Wildman–Crippen LogP) is 1.37. The number of hydrogen-bond donors (Lipinski definition) is 3. The van der Waals surface area contributed by atoms with Crippen LogP contribution in [0.2, 0.25) is 0 Å². The van der Waals surface area contributed by atoms with Gasteiger partial charge in [-0.1, -0.05) is 12.1 Å². The number of nitrogen functional groups attached to an aromatic ring is 1. The smallest absolute Gasteiger partial charge is 0.253 e. The highest BCUT2D eigenvalue weighted by Gasteiger charge is 2.22. The Morgan fingerprint density at radius 3 is 2.80 bits per heavy atom. The van der Waals surface area contributed by atoms with Gasteiger partial charge in [0.15, 0.2) is 0 Å². The maximum absolute atomic E-state index is 12.0. The minimum atomic E-state index is -0.186. The lowest BCUT2D eigenvalue weighted by Crippen LogP contribution is -2.28. The summed E-state index contributed by atoms with van der Waals surface area (Å²) in [5, 5.41) is 5.71. The molecular formula is C15H21N3O2. The highest BCUT2D eigenvalue weighted by Crippen LogP contribution is 2.18. The van der Waals surface area contributed by atoms with Gasteiger partial charge >= 0.3 is 0 Å². The fourth-order valence-corrected chi connectivity index (χ4v) is 1.95. The molecule has 1 aromatic rings. The third kappa shape index (κ3) is 3.98. The second-order valence-corrected chi connectivity index (χ2v) is 5.24. The molecular weight excluding hydrogens is 254 g/mol. The number of aryl methyl sites for hydroxylation is 1. The summed E-state index contributed by atoms with van der Waals surface area (Å²) in [5.74, 6) is -0.120. The number of anilines is 1. The summed E-state index contributed by atoms with van der Waals surface area (Å²) in [4.78, 5) is 23.4. The first-order chi connectivity index (χ1) is 9.58. The molecule has 0 saturated heterocycles. The molecule has 0 atom stereocenters. The molecule has 0 spiro atoms. The van der Waals surface area contributed by atoms with E-state index in [0.717, 1.165) is 18.4 Å². The molecule has 20 heavy (non-hydrogen) atoms. The Balaban J connectivity index is 1.71. The first-order valence-electron chi connectivity index (χ1n) is 7.00. The summed E-state index contributed by atoms with van der Waals surface area (Å²) in [5.41, 5.74) is 7.77. The van der Waals surface area contributed by atoms with Crippen LogP contribution >= 0.6 is 0 Å². The van der Waals surface area contributed by atoms with Gasteiger partial charge in [-0.25, -0.2) is 0 Å². The number of amides is 2. The third-order valence-electron chi connectivity index (χ3n) is 3.38. The first-order valence-corrected chi connectivity index (χ1v) is 7.00. The molecule has 1 saturated carbocycles. The van der Waals surface area contributed by atoms with E-state index in [-0.39, 0.29) is 11.8 Å². The normalized spacial score (nSPS) is 13.8. The van der Waals surface area contributed by atoms with Crippen molar-refractivity contribution in [3.63, 3.8) is 0 Å². The van der Waals surface area contributed by atoms with Crippen molar-refractivity contribution in [2.45, 2.75) is 38.6 Å². The molecule has 0 aromatic heterocycles. The van der Waals surface area contributed by atoms with Crippen LogP contribution in [0, 0.1) is 6.92 Å². The van der Waals surface area contributed by atoms with E-state index in [2.05, 4.69) is 10.6 Å². The molecule has 0 unspecified atom stereocenters. The second kappa shape index (κ2) is 6.41. The van der Waals surface area contributed by atoms with Crippen LogP contribution in [0.3, 0.4) is 0 Å². The molecule has 5 heteroatoms. The lowest BCUT2D eigenvalue weighted by Gasteiger charge is -2.09. The fraction of sp³-hybridized carbons (Fsp3) is 0.467. The summed E-state index contributed by atoms with van der Waals surface area (Å²) in [6, 6.07) is 5.78. The first kappa shape index (κ1) is 14.4. The lowest BCUT2D eigenvalue weighted by atomic mass is 10.1. The van der Waals surface area contributed by atoms with Crippen LogP contribution in [-0.2, 0) is 4.79 Å². The number of para-hydroxylation sites is 1. The highest BCUT2D eigenvalue weighted by molar-refractivity contribution is 5.99. The van der Waals surface area contributed by atoms with E-state index in [0.29, 0.717) is 36.7 Å². The molecule has 2 amide bonds.